The molecule has 1 saturated heterocycles. The normalized spacial score (nSPS) is 17.6. The molecule has 0 aliphatic carbocycles. The van der Waals surface area contributed by atoms with E-state index in [4.69, 9.17) is 16.3 Å². The number of H-pyrrole nitrogens is 1. The summed E-state index contributed by atoms with van der Waals surface area (Å²) in [7, 11) is -3.75. The summed E-state index contributed by atoms with van der Waals surface area (Å²) in [6, 6.07) is 4.43. The van der Waals surface area contributed by atoms with Crippen LogP contribution in [0.3, 0.4) is 0 Å². The molecule has 3 rings (SSSR count). The summed E-state index contributed by atoms with van der Waals surface area (Å²) in [4.78, 5) is 16.6. The first-order chi connectivity index (χ1) is 14.4. The van der Waals surface area contributed by atoms with Gasteiger partial charge in [0.1, 0.15) is 12.1 Å². The predicted molar refractivity (Wildman–Crippen MR) is 114 cm³/mol. The number of hydrogen-bond acceptors (Lipinski definition) is 7. The molecule has 0 saturated carbocycles. The number of hydrogen-bond donors (Lipinski definition) is 2. The van der Waals surface area contributed by atoms with Gasteiger partial charge in [-0.1, -0.05) is 23.4 Å². The molecule has 1 aliphatic heterocycles. The Hall–Kier alpha value is -1.82. The molecule has 2 N–H and O–H groups in total. The number of aromatic nitrogens is 3. The van der Waals surface area contributed by atoms with Crippen LogP contribution >= 0.6 is 23.4 Å². The van der Waals surface area contributed by atoms with Crippen molar-refractivity contribution < 1.29 is 17.9 Å². The van der Waals surface area contributed by atoms with Crippen LogP contribution in [0.4, 0.5) is 0 Å². The highest BCUT2D eigenvalue weighted by Gasteiger charge is 2.33. The Morgan fingerprint density at radius 3 is 3.00 bits per heavy atom. The Labute approximate surface area is 185 Å². The summed E-state index contributed by atoms with van der Waals surface area (Å²) in [6.45, 7) is 3.24. The van der Waals surface area contributed by atoms with Crippen molar-refractivity contribution >= 4 is 39.3 Å². The van der Waals surface area contributed by atoms with E-state index in [9.17, 15) is 13.2 Å². The first-order valence-electron chi connectivity index (χ1n) is 9.60. The van der Waals surface area contributed by atoms with E-state index in [0.29, 0.717) is 49.2 Å². The van der Waals surface area contributed by atoms with Gasteiger partial charge in [-0.25, -0.2) is 13.4 Å². The molecule has 0 unspecified atom stereocenters. The Morgan fingerprint density at radius 1 is 1.47 bits per heavy atom. The smallest absolute Gasteiger partial charge is 0.243 e. The van der Waals surface area contributed by atoms with Crippen molar-refractivity contribution in [3.05, 3.63) is 29.5 Å². The van der Waals surface area contributed by atoms with Gasteiger partial charge in [-0.3, -0.25) is 9.89 Å². The highest BCUT2D eigenvalue weighted by atomic mass is 35.5. The summed E-state index contributed by atoms with van der Waals surface area (Å²) >= 11 is 7.61. The number of sulfonamides is 1. The molecule has 0 spiro atoms. The number of carbonyl (C=O) groups excluding carboxylic acids is 1. The minimum atomic E-state index is -3.75. The Bertz CT molecular complexity index is 955. The van der Waals surface area contributed by atoms with E-state index in [-0.39, 0.29) is 28.3 Å². The van der Waals surface area contributed by atoms with Crippen LogP contribution in [0.1, 0.15) is 19.8 Å². The van der Waals surface area contributed by atoms with Gasteiger partial charge in [-0.15, -0.1) is 0 Å². The molecule has 1 fully saturated rings. The molecule has 0 radical (unpaired) electrons. The zero-order chi connectivity index (χ0) is 21.6. The van der Waals surface area contributed by atoms with Crippen LogP contribution in [0, 0.1) is 5.92 Å². The predicted octanol–water partition coefficient (Wildman–Crippen LogP) is 2.17. The third-order valence-corrected chi connectivity index (χ3v) is 7.66. The number of aromatic amines is 1. The maximum absolute atomic E-state index is 13.0. The zero-order valence-electron chi connectivity index (χ0n) is 16.5. The van der Waals surface area contributed by atoms with Gasteiger partial charge in [-0.05, 0) is 38.0 Å². The van der Waals surface area contributed by atoms with Gasteiger partial charge in [0.05, 0.1) is 22.4 Å². The Balaban J connectivity index is 1.57. The maximum Gasteiger partial charge on any atom is 0.243 e. The van der Waals surface area contributed by atoms with E-state index in [0.717, 1.165) is 0 Å². The lowest BCUT2D eigenvalue weighted by Crippen LogP contribution is -2.45. The van der Waals surface area contributed by atoms with Gasteiger partial charge in [0.2, 0.25) is 15.9 Å². The van der Waals surface area contributed by atoms with E-state index >= 15 is 0 Å². The van der Waals surface area contributed by atoms with Gasteiger partial charge in [-0.2, -0.15) is 9.40 Å². The van der Waals surface area contributed by atoms with E-state index in [1.165, 1.54) is 34.5 Å². The first-order valence-corrected chi connectivity index (χ1v) is 12.4. The number of halogens is 1. The quantitative estimate of drug-likeness (QED) is 0.423. The second kappa shape index (κ2) is 10.5. The fourth-order valence-corrected chi connectivity index (χ4v) is 5.66. The zero-order valence-corrected chi connectivity index (χ0v) is 18.9. The third-order valence-electron chi connectivity index (χ3n) is 4.63. The van der Waals surface area contributed by atoms with Crippen LogP contribution in [0.5, 0.6) is 5.75 Å². The van der Waals surface area contributed by atoms with Gasteiger partial charge in [0, 0.05) is 25.4 Å². The van der Waals surface area contributed by atoms with Crippen molar-refractivity contribution in [2.24, 2.45) is 5.92 Å². The lowest BCUT2D eigenvalue weighted by Gasteiger charge is -2.31. The molecule has 164 valence electrons. The largest absolute Gasteiger partial charge is 0.492 e. The van der Waals surface area contributed by atoms with Gasteiger partial charge >= 0.3 is 0 Å². The summed E-state index contributed by atoms with van der Waals surface area (Å²) in [5, 5.41) is 10.3. The van der Waals surface area contributed by atoms with Crippen molar-refractivity contribution in [2.75, 3.05) is 32.0 Å². The van der Waals surface area contributed by atoms with Crippen molar-refractivity contribution in [1.29, 1.82) is 0 Å². The summed E-state index contributed by atoms with van der Waals surface area (Å²) in [5.41, 5.74) is 0. The Kier molecular flexibility index (Phi) is 7.98. The van der Waals surface area contributed by atoms with Crippen molar-refractivity contribution in [2.45, 2.75) is 29.8 Å². The molecule has 1 atom stereocenters. The number of ether oxygens (including phenoxy) is 1. The van der Waals surface area contributed by atoms with Crippen molar-refractivity contribution in [3.8, 4) is 5.75 Å². The molecule has 12 heteroatoms. The fraction of sp³-hybridized carbons (Fsp3) is 0.500. The number of benzene rings is 1. The average Bonchev–Trinajstić information content (AvgIpc) is 3.26. The lowest BCUT2D eigenvalue weighted by molar-refractivity contribution is -0.125. The molecule has 9 nitrogen and oxygen atoms in total. The summed E-state index contributed by atoms with van der Waals surface area (Å²) < 4.78 is 32.8. The van der Waals surface area contributed by atoms with Crippen molar-refractivity contribution in [1.82, 2.24) is 24.8 Å². The number of thioether (sulfide) groups is 1. The molecule has 2 aromatic rings. The number of piperidine rings is 1. The third kappa shape index (κ3) is 5.65. The van der Waals surface area contributed by atoms with Crippen LogP contribution in [-0.4, -0.2) is 65.8 Å². The van der Waals surface area contributed by atoms with E-state index in [1.807, 2.05) is 6.92 Å². The van der Waals surface area contributed by atoms with E-state index in [2.05, 4.69) is 20.5 Å². The van der Waals surface area contributed by atoms with Crippen LogP contribution in [-0.2, 0) is 14.8 Å². The SMILES string of the molecule is CCOc1ccc(S(=O)(=O)N2CCC[C@@H](C(=O)NCCSc3ncn[nH]3)C2)cc1Cl. The number of nitrogens with zero attached hydrogens (tertiary/aromatic N) is 3. The minimum Gasteiger partial charge on any atom is -0.492 e. The van der Waals surface area contributed by atoms with Gasteiger partial charge in [0.15, 0.2) is 5.16 Å². The molecule has 30 heavy (non-hydrogen) atoms. The number of rotatable bonds is 9. The van der Waals surface area contributed by atoms with Crippen LogP contribution < -0.4 is 10.1 Å². The topological polar surface area (TPSA) is 117 Å². The van der Waals surface area contributed by atoms with Gasteiger partial charge < -0.3 is 10.1 Å². The number of nitrogens with one attached hydrogen (secondary N) is 2. The van der Waals surface area contributed by atoms with Gasteiger partial charge in [0.25, 0.3) is 0 Å². The molecule has 1 aromatic heterocycles. The fourth-order valence-electron chi connectivity index (χ4n) is 3.17. The second-order valence-corrected chi connectivity index (χ2v) is 10.1. The van der Waals surface area contributed by atoms with Crippen LogP contribution in [0.25, 0.3) is 0 Å². The monoisotopic (exact) mass is 473 g/mol. The number of carbonyl (C=O) groups is 1. The standard InChI is InChI=1S/C18H24ClN5O4S2/c1-2-28-16-6-5-14(10-15(16)19)30(26,27)24-8-3-4-13(11-24)17(25)20-7-9-29-18-21-12-22-23-18/h5-6,10,12-13H,2-4,7-9,11H2,1H3,(H,20,25)(H,21,22,23)/t13-/m1/s1. The second-order valence-electron chi connectivity index (χ2n) is 6.66. The molecular formula is C18H24ClN5O4S2. The highest BCUT2D eigenvalue weighted by Crippen LogP contribution is 2.30. The molecule has 1 aromatic carbocycles. The molecule has 1 amide bonds. The highest BCUT2D eigenvalue weighted by molar-refractivity contribution is 7.99. The lowest BCUT2D eigenvalue weighted by atomic mass is 9.99. The summed E-state index contributed by atoms with van der Waals surface area (Å²) in [6.07, 6.45) is 2.70. The van der Waals surface area contributed by atoms with E-state index < -0.39 is 10.0 Å². The van der Waals surface area contributed by atoms with Crippen molar-refractivity contribution in [3.63, 3.8) is 0 Å². The molecular weight excluding hydrogens is 450 g/mol. The average molecular weight is 474 g/mol. The first kappa shape index (κ1) is 22.9. The molecule has 0 bridgehead atoms. The van der Waals surface area contributed by atoms with Crippen LogP contribution in [0.15, 0.2) is 34.6 Å². The minimum absolute atomic E-state index is 0.0977. The molecule has 1 aliphatic rings. The summed E-state index contributed by atoms with van der Waals surface area (Å²) in [5.74, 6) is 0.553. The number of amides is 1. The van der Waals surface area contributed by atoms with Crippen LogP contribution in [0.2, 0.25) is 5.02 Å². The van der Waals surface area contributed by atoms with E-state index in [1.54, 1.807) is 6.07 Å². The Morgan fingerprint density at radius 2 is 2.30 bits per heavy atom. The molecule has 2 heterocycles. The maximum atomic E-state index is 13.0.